The van der Waals surface area contributed by atoms with Crippen LogP contribution < -0.4 is 0 Å². The quantitative estimate of drug-likeness (QED) is 0.470. The van der Waals surface area contributed by atoms with E-state index in [1.54, 1.807) is 0 Å². The summed E-state index contributed by atoms with van der Waals surface area (Å²) >= 11 is 0. The molecule has 9 heteroatoms. The van der Waals surface area contributed by atoms with Crippen molar-refractivity contribution in [3.63, 3.8) is 0 Å². The molecule has 68 valence electrons. The normalized spacial score (nSPS) is 9.17. The zero-order valence-electron chi connectivity index (χ0n) is 5.53. The SMILES string of the molecule is O=C(O)CC(=O)OB(OF)OF. The largest absolute Gasteiger partial charge is 0.780 e. The van der Waals surface area contributed by atoms with Crippen LogP contribution in [0.25, 0.3) is 0 Å². The van der Waals surface area contributed by atoms with Crippen LogP contribution in [0.5, 0.6) is 0 Å². The molecule has 0 amide bonds. The van der Waals surface area contributed by atoms with E-state index in [9.17, 15) is 18.6 Å². The first kappa shape index (κ1) is 10.8. The second kappa shape index (κ2) is 5.44. The second-order valence-corrected chi connectivity index (χ2v) is 1.53. The summed E-state index contributed by atoms with van der Waals surface area (Å²) in [4.78, 5) is 25.3. The molecule has 0 atom stereocenters. The van der Waals surface area contributed by atoms with Gasteiger partial charge < -0.3 is 9.76 Å². The monoisotopic (exact) mass is 184 g/mol. The van der Waals surface area contributed by atoms with Gasteiger partial charge in [0.2, 0.25) is 0 Å². The van der Waals surface area contributed by atoms with E-state index >= 15 is 0 Å². The van der Waals surface area contributed by atoms with Gasteiger partial charge in [-0.25, -0.2) is 0 Å². The van der Waals surface area contributed by atoms with Gasteiger partial charge in [-0.15, -0.1) is 0 Å². The molecule has 0 fully saturated rings. The summed E-state index contributed by atoms with van der Waals surface area (Å²) < 4.78 is 25.8. The van der Waals surface area contributed by atoms with Gasteiger partial charge >= 0.3 is 19.3 Å². The van der Waals surface area contributed by atoms with Crippen LogP contribution in [0.4, 0.5) is 9.05 Å². The van der Waals surface area contributed by atoms with Crippen LogP contribution in [0.15, 0.2) is 0 Å². The van der Waals surface area contributed by atoms with Gasteiger partial charge in [0.25, 0.3) is 0 Å². The van der Waals surface area contributed by atoms with Gasteiger partial charge in [0, 0.05) is 0 Å². The number of carbonyl (C=O) groups excluding carboxylic acids is 1. The Balaban J connectivity index is 3.74. The van der Waals surface area contributed by atoms with Crippen molar-refractivity contribution in [3.05, 3.63) is 0 Å². The van der Waals surface area contributed by atoms with Gasteiger partial charge in [0.05, 0.1) is 0 Å². The molecule has 0 aliphatic heterocycles. The summed E-state index contributed by atoms with van der Waals surface area (Å²) in [6.45, 7) is 0. The second-order valence-electron chi connectivity index (χ2n) is 1.53. The first-order chi connectivity index (χ1) is 5.60. The lowest BCUT2D eigenvalue weighted by Gasteiger charge is -2.01. The average molecular weight is 184 g/mol. The van der Waals surface area contributed by atoms with Crippen LogP contribution >= 0.6 is 0 Å². The molecule has 6 nitrogen and oxygen atoms in total. The third-order valence-electron chi connectivity index (χ3n) is 0.669. The predicted octanol–water partition coefficient (Wildman–Crippen LogP) is -0.209. The van der Waals surface area contributed by atoms with E-state index < -0.39 is 25.7 Å². The molecular weight excluding hydrogens is 181 g/mol. The summed E-state index contributed by atoms with van der Waals surface area (Å²) in [6.07, 6.45) is -1.04. The Morgan fingerprint density at radius 3 is 2.17 bits per heavy atom. The van der Waals surface area contributed by atoms with E-state index in [0.717, 1.165) is 0 Å². The zero-order valence-corrected chi connectivity index (χ0v) is 5.53. The fourth-order valence-electron chi connectivity index (χ4n) is 0.323. The lowest BCUT2D eigenvalue weighted by Crippen LogP contribution is -2.26. The number of hydrogen-bond donors (Lipinski definition) is 1. The Hall–Kier alpha value is -1.22. The first-order valence-electron chi connectivity index (χ1n) is 2.56. The van der Waals surface area contributed by atoms with Crippen LogP contribution in [-0.4, -0.2) is 24.4 Å². The number of hydrogen-bond acceptors (Lipinski definition) is 5. The van der Waals surface area contributed by atoms with Gasteiger partial charge in [-0.3, -0.25) is 9.59 Å². The van der Waals surface area contributed by atoms with Crippen molar-refractivity contribution in [2.24, 2.45) is 0 Å². The number of halogens is 2. The maximum atomic E-state index is 11.1. The number of rotatable bonds is 5. The average Bonchev–Trinajstić information content (AvgIpc) is 1.98. The Kier molecular flexibility index (Phi) is 4.89. The standard InChI is InChI=1S/C3H3BF2O6/c5-11-4(12-6)10-3(9)1-2(7)8/h1H2,(H,7,8). The van der Waals surface area contributed by atoms with Gasteiger partial charge in [0.1, 0.15) is 6.42 Å². The van der Waals surface area contributed by atoms with Gasteiger partial charge in [-0.05, 0) is 0 Å². The van der Waals surface area contributed by atoms with Crippen molar-refractivity contribution in [2.45, 2.75) is 6.42 Å². The first-order valence-corrected chi connectivity index (χ1v) is 2.56. The van der Waals surface area contributed by atoms with E-state index in [2.05, 4.69) is 14.4 Å². The molecule has 1 N–H and O–H groups in total. The van der Waals surface area contributed by atoms with Gasteiger partial charge in [0.15, 0.2) is 0 Å². The highest BCUT2D eigenvalue weighted by Gasteiger charge is 2.30. The molecule has 0 radical (unpaired) electrons. The molecule has 0 aromatic carbocycles. The van der Waals surface area contributed by atoms with Crippen molar-refractivity contribution in [1.82, 2.24) is 0 Å². The number of aliphatic carboxylic acids is 1. The van der Waals surface area contributed by atoms with E-state index in [1.807, 2.05) is 0 Å². The Bertz CT molecular complexity index is 170. The molecule has 0 bridgehead atoms. The number of carbonyl (C=O) groups is 2. The molecule has 0 aliphatic rings. The molecule has 12 heavy (non-hydrogen) atoms. The molecule has 0 heterocycles. The van der Waals surface area contributed by atoms with Crippen LogP contribution in [0.3, 0.4) is 0 Å². The lowest BCUT2D eigenvalue weighted by atomic mass is 10.2. The van der Waals surface area contributed by atoms with Crippen molar-refractivity contribution in [2.75, 3.05) is 0 Å². The van der Waals surface area contributed by atoms with E-state index in [0.29, 0.717) is 0 Å². The van der Waals surface area contributed by atoms with E-state index in [4.69, 9.17) is 5.11 Å². The third-order valence-corrected chi connectivity index (χ3v) is 0.669. The smallest absolute Gasteiger partial charge is 0.481 e. The van der Waals surface area contributed by atoms with Crippen molar-refractivity contribution in [3.8, 4) is 0 Å². The maximum Gasteiger partial charge on any atom is 0.780 e. The summed E-state index contributed by atoms with van der Waals surface area (Å²) in [5.41, 5.74) is 0. The molecule has 0 rings (SSSR count). The summed E-state index contributed by atoms with van der Waals surface area (Å²) in [6, 6.07) is 0. The zero-order chi connectivity index (χ0) is 9.56. The highest BCUT2D eigenvalue weighted by Crippen LogP contribution is 1.96. The number of carboxylic acid groups (broad SMARTS) is 1. The summed E-state index contributed by atoms with van der Waals surface area (Å²) in [5, 5.41) is 7.97. The van der Waals surface area contributed by atoms with Crippen LogP contribution in [0, 0.1) is 0 Å². The molecule has 0 spiro atoms. The van der Waals surface area contributed by atoms with Crippen molar-refractivity contribution in [1.29, 1.82) is 0 Å². The van der Waals surface area contributed by atoms with E-state index in [-0.39, 0.29) is 0 Å². The molecule has 0 aliphatic carbocycles. The lowest BCUT2D eigenvalue weighted by molar-refractivity contribution is -0.164. The summed E-state index contributed by atoms with van der Waals surface area (Å²) in [7, 11) is -2.48. The molecule has 0 aromatic heterocycles. The van der Waals surface area contributed by atoms with Gasteiger partial charge in [-0.2, -0.15) is 9.72 Å². The topological polar surface area (TPSA) is 82.1 Å². The minimum atomic E-state index is -2.48. The molecule has 0 saturated carbocycles. The third kappa shape index (κ3) is 4.58. The highest BCUT2D eigenvalue weighted by molar-refractivity contribution is 6.38. The van der Waals surface area contributed by atoms with Crippen LogP contribution in [0.1, 0.15) is 6.42 Å². The Morgan fingerprint density at radius 1 is 1.33 bits per heavy atom. The maximum absolute atomic E-state index is 11.1. The summed E-state index contributed by atoms with van der Waals surface area (Å²) in [5.74, 6) is -2.89. The van der Waals surface area contributed by atoms with Crippen LogP contribution in [-0.2, 0) is 24.0 Å². The highest BCUT2D eigenvalue weighted by atomic mass is 19.3. The predicted molar refractivity (Wildman–Crippen MR) is 28.5 cm³/mol. The fraction of sp³-hybridized carbons (Fsp3) is 0.333. The number of carboxylic acids is 1. The van der Waals surface area contributed by atoms with Crippen molar-refractivity contribution >= 4 is 19.3 Å². The van der Waals surface area contributed by atoms with Gasteiger partial charge in [-0.1, -0.05) is 9.05 Å². The molecule has 0 aromatic rings. The van der Waals surface area contributed by atoms with E-state index in [1.165, 1.54) is 0 Å². The minimum absolute atomic E-state index is 1.04. The Labute approximate surface area is 65.0 Å². The molecule has 0 saturated heterocycles. The minimum Gasteiger partial charge on any atom is -0.481 e. The Morgan fingerprint density at radius 2 is 1.83 bits per heavy atom. The molecule has 0 unspecified atom stereocenters. The fourth-order valence-corrected chi connectivity index (χ4v) is 0.323. The van der Waals surface area contributed by atoms with Crippen LogP contribution in [0.2, 0.25) is 0 Å². The molecular formula is C3H3BF2O6. The van der Waals surface area contributed by atoms with Crippen molar-refractivity contribution < 1.29 is 38.1 Å².